The lowest BCUT2D eigenvalue weighted by molar-refractivity contribution is 1.11. The molecule has 3 nitrogen and oxygen atoms in total. The van der Waals surface area contributed by atoms with Gasteiger partial charge in [-0.15, -0.1) is 0 Å². The average molecular weight is 135 g/mol. The average Bonchev–Trinajstić information content (AvgIpc) is 2.36. The second-order valence-corrected chi connectivity index (χ2v) is 1.82. The SMILES string of the molecule is C/C=C\n1ccnc1C=N. The lowest BCUT2D eigenvalue weighted by Crippen LogP contribution is -1.91. The maximum Gasteiger partial charge on any atom is 0.154 e. The van der Waals surface area contributed by atoms with Gasteiger partial charge in [-0.2, -0.15) is 0 Å². The lowest BCUT2D eigenvalue weighted by Gasteiger charge is -1.92. The minimum absolute atomic E-state index is 0.651. The molecule has 0 saturated carbocycles. The molecule has 0 aromatic carbocycles. The van der Waals surface area contributed by atoms with Crippen LogP contribution in [0.25, 0.3) is 6.20 Å². The standard InChI is InChI=1S/C7H9N3/c1-2-4-10-5-3-9-7(10)6-8/h2-6,8H,1H3/b4-2-,8-6?. The first-order valence-electron chi connectivity index (χ1n) is 3.04. The molecule has 1 aromatic heterocycles. The van der Waals surface area contributed by atoms with Gasteiger partial charge in [0, 0.05) is 18.6 Å². The van der Waals surface area contributed by atoms with E-state index in [1.807, 2.05) is 19.2 Å². The van der Waals surface area contributed by atoms with Gasteiger partial charge in [0.1, 0.15) is 0 Å². The highest BCUT2D eigenvalue weighted by molar-refractivity contribution is 5.72. The highest BCUT2D eigenvalue weighted by atomic mass is 15.0. The third-order valence-electron chi connectivity index (χ3n) is 1.14. The van der Waals surface area contributed by atoms with Crippen molar-refractivity contribution in [2.24, 2.45) is 0 Å². The Morgan fingerprint density at radius 3 is 3.10 bits per heavy atom. The molecule has 0 aliphatic heterocycles. The van der Waals surface area contributed by atoms with Gasteiger partial charge in [-0.05, 0) is 6.92 Å². The summed E-state index contributed by atoms with van der Waals surface area (Å²) in [7, 11) is 0. The van der Waals surface area contributed by atoms with E-state index in [0.29, 0.717) is 5.82 Å². The predicted molar refractivity (Wildman–Crippen MR) is 41.1 cm³/mol. The summed E-state index contributed by atoms with van der Waals surface area (Å²) in [5.74, 6) is 0.651. The summed E-state index contributed by atoms with van der Waals surface area (Å²) in [6.45, 7) is 1.92. The number of hydrogen-bond donors (Lipinski definition) is 1. The first-order valence-corrected chi connectivity index (χ1v) is 3.04. The fourth-order valence-electron chi connectivity index (χ4n) is 0.723. The van der Waals surface area contributed by atoms with E-state index in [1.165, 1.54) is 6.21 Å². The summed E-state index contributed by atoms with van der Waals surface area (Å²) in [6, 6.07) is 0. The van der Waals surface area contributed by atoms with Gasteiger partial charge in [0.2, 0.25) is 0 Å². The highest BCUT2D eigenvalue weighted by Crippen LogP contribution is 1.93. The Morgan fingerprint density at radius 2 is 2.50 bits per heavy atom. The molecule has 0 aliphatic rings. The molecular weight excluding hydrogens is 126 g/mol. The summed E-state index contributed by atoms with van der Waals surface area (Å²) < 4.78 is 1.78. The van der Waals surface area contributed by atoms with Crippen LogP contribution in [0.4, 0.5) is 0 Å². The van der Waals surface area contributed by atoms with E-state index in [9.17, 15) is 0 Å². The molecule has 1 rings (SSSR count). The Labute approximate surface area is 59.5 Å². The molecule has 0 spiro atoms. The zero-order valence-electron chi connectivity index (χ0n) is 5.78. The van der Waals surface area contributed by atoms with E-state index in [1.54, 1.807) is 17.0 Å². The molecule has 1 aromatic rings. The van der Waals surface area contributed by atoms with Crippen LogP contribution in [0, 0.1) is 5.41 Å². The molecule has 52 valence electrons. The number of nitrogens with zero attached hydrogens (tertiary/aromatic N) is 2. The van der Waals surface area contributed by atoms with E-state index in [-0.39, 0.29) is 0 Å². The van der Waals surface area contributed by atoms with Crippen molar-refractivity contribution >= 4 is 12.4 Å². The topological polar surface area (TPSA) is 41.7 Å². The van der Waals surface area contributed by atoms with Crippen LogP contribution in [-0.2, 0) is 0 Å². The van der Waals surface area contributed by atoms with Crippen LogP contribution in [-0.4, -0.2) is 15.8 Å². The molecule has 1 heterocycles. The van der Waals surface area contributed by atoms with Crippen molar-refractivity contribution in [2.45, 2.75) is 6.92 Å². The first kappa shape index (κ1) is 6.74. The Morgan fingerprint density at radius 1 is 1.70 bits per heavy atom. The maximum absolute atomic E-state index is 6.94. The molecule has 0 saturated heterocycles. The molecular formula is C7H9N3. The molecule has 0 fully saturated rings. The lowest BCUT2D eigenvalue weighted by atomic mass is 10.6. The van der Waals surface area contributed by atoms with Crippen LogP contribution in [0.5, 0.6) is 0 Å². The van der Waals surface area contributed by atoms with Gasteiger partial charge >= 0.3 is 0 Å². The fourth-order valence-corrected chi connectivity index (χ4v) is 0.723. The van der Waals surface area contributed by atoms with Gasteiger partial charge in [0.25, 0.3) is 0 Å². The minimum atomic E-state index is 0.651. The summed E-state index contributed by atoms with van der Waals surface area (Å²) in [4.78, 5) is 3.92. The van der Waals surface area contributed by atoms with Gasteiger partial charge < -0.3 is 9.98 Å². The van der Waals surface area contributed by atoms with E-state index in [2.05, 4.69) is 4.98 Å². The third-order valence-corrected chi connectivity index (χ3v) is 1.14. The summed E-state index contributed by atoms with van der Waals surface area (Å²) >= 11 is 0. The van der Waals surface area contributed by atoms with Crippen molar-refractivity contribution < 1.29 is 0 Å². The smallest absolute Gasteiger partial charge is 0.154 e. The minimum Gasteiger partial charge on any atom is -0.306 e. The Hall–Kier alpha value is -1.38. The van der Waals surface area contributed by atoms with Crippen LogP contribution < -0.4 is 0 Å². The Kier molecular flexibility index (Phi) is 1.99. The zero-order chi connectivity index (χ0) is 7.40. The Bertz CT molecular complexity index is 247. The van der Waals surface area contributed by atoms with Crippen LogP contribution in [0.1, 0.15) is 12.7 Å². The zero-order valence-corrected chi connectivity index (χ0v) is 5.78. The van der Waals surface area contributed by atoms with Crippen LogP contribution in [0.3, 0.4) is 0 Å². The van der Waals surface area contributed by atoms with Gasteiger partial charge in [0.15, 0.2) is 5.82 Å². The molecule has 3 heteroatoms. The van der Waals surface area contributed by atoms with E-state index >= 15 is 0 Å². The monoisotopic (exact) mass is 135 g/mol. The van der Waals surface area contributed by atoms with Crippen LogP contribution in [0.15, 0.2) is 18.5 Å². The number of nitrogens with one attached hydrogen (secondary N) is 1. The van der Waals surface area contributed by atoms with Crippen molar-refractivity contribution in [3.8, 4) is 0 Å². The summed E-state index contributed by atoms with van der Waals surface area (Å²) in [5, 5.41) is 6.94. The summed E-state index contributed by atoms with van der Waals surface area (Å²) in [6.07, 6.45) is 8.45. The van der Waals surface area contributed by atoms with Gasteiger partial charge in [-0.1, -0.05) is 6.08 Å². The van der Waals surface area contributed by atoms with Crippen molar-refractivity contribution in [1.29, 1.82) is 5.41 Å². The van der Waals surface area contributed by atoms with Crippen molar-refractivity contribution in [2.75, 3.05) is 0 Å². The first-order chi connectivity index (χ1) is 4.88. The molecule has 0 amide bonds. The van der Waals surface area contributed by atoms with E-state index in [4.69, 9.17) is 5.41 Å². The Balaban J connectivity index is 3.00. The number of imidazole rings is 1. The van der Waals surface area contributed by atoms with Gasteiger partial charge in [0.05, 0.1) is 6.21 Å². The molecule has 0 unspecified atom stereocenters. The number of rotatable bonds is 2. The van der Waals surface area contributed by atoms with E-state index < -0.39 is 0 Å². The predicted octanol–water partition coefficient (Wildman–Crippen LogP) is 1.37. The van der Waals surface area contributed by atoms with Crippen LogP contribution >= 0.6 is 0 Å². The number of hydrogen-bond acceptors (Lipinski definition) is 2. The number of aromatic nitrogens is 2. The van der Waals surface area contributed by atoms with Gasteiger partial charge in [-0.25, -0.2) is 4.98 Å². The summed E-state index contributed by atoms with van der Waals surface area (Å²) in [5.41, 5.74) is 0. The molecule has 1 N–H and O–H groups in total. The molecule has 0 aliphatic carbocycles. The van der Waals surface area contributed by atoms with Crippen molar-refractivity contribution in [3.05, 3.63) is 24.3 Å². The third kappa shape index (κ3) is 1.13. The quantitative estimate of drug-likeness (QED) is 0.611. The fraction of sp³-hybridized carbons (Fsp3) is 0.143. The van der Waals surface area contributed by atoms with Crippen LogP contribution in [0.2, 0.25) is 0 Å². The highest BCUT2D eigenvalue weighted by Gasteiger charge is 1.91. The molecule has 10 heavy (non-hydrogen) atoms. The second kappa shape index (κ2) is 2.96. The number of allylic oxidation sites excluding steroid dienone is 1. The second-order valence-electron chi connectivity index (χ2n) is 1.82. The largest absolute Gasteiger partial charge is 0.306 e. The maximum atomic E-state index is 6.94. The molecule has 0 radical (unpaired) electrons. The molecule has 0 atom stereocenters. The van der Waals surface area contributed by atoms with Crippen molar-refractivity contribution in [1.82, 2.24) is 9.55 Å². The van der Waals surface area contributed by atoms with Crippen molar-refractivity contribution in [3.63, 3.8) is 0 Å². The van der Waals surface area contributed by atoms with Gasteiger partial charge in [-0.3, -0.25) is 0 Å². The normalized spacial score (nSPS) is 10.5. The molecule has 0 bridgehead atoms. The van der Waals surface area contributed by atoms with E-state index in [0.717, 1.165) is 0 Å².